The number of aliphatic hydroxyl groups excluding tert-OH is 1. The molecule has 0 aromatic heterocycles. The molecule has 0 fully saturated rings. The molecule has 0 heterocycles. The van der Waals surface area contributed by atoms with Crippen molar-refractivity contribution in [3.63, 3.8) is 0 Å². The lowest BCUT2D eigenvalue weighted by atomic mass is 9.86. The van der Waals surface area contributed by atoms with E-state index in [9.17, 15) is 18.3 Å². The molecule has 5 heteroatoms. The van der Waals surface area contributed by atoms with Crippen LogP contribution in [-0.4, -0.2) is 11.7 Å². The summed E-state index contributed by atoms with van der Waals surface area (Å²) in [4.78, 5) is 0. The Hall–Kier alpha value is -1.07. The number of benzene rings is 1. The number of rotatable bonds is 4. The highest BCUT2D eigenvalue weighted by molar-refractivity contribution is 5.22. The van der Waals surface area contributed by atoms with E-state index in [1.165, 1.54) is 0 Å². The van der Waals surface area contributed by atoms with Crippen molar-refractivity contribution >= 4 is 0 Å². The summed E-state index contributed by atoms with van der Waals surface area (Å²) < 4.78 is 38.8. The van der Waals surface area contributed by atoms with Gasteiger partial charge in [-0.1, -0.05) is 13.8 Å². The first-order chi connectivity index (χ1) is 7.88. The average Bonchev–Trinajstić information content (AvgIpc) is 2.25. The molecule has 0 saturated heterocycles. The van der Waals surface area contributed by atoms with Gasteiger partial charge in [0.25, 0.3) is 0 Å². The van der Waals surface area contributed by atoms with Crippen molar-refractivity contribution in [2.75, 3.05) is 6.54 Å². The summed E-state index contributed by atoms with van der Waals surface area (Å²) in [6.45, 7) is 3.87. The monoisotopic (exact) mass is 247 g/mol. The van der Waals surface area contributed by atoms with Gasteiger partial charge in [-0.05, 0) is 30.2 Å². The summed E-state index contributed by atoms with van der Waals surface area (Å²) >= 11 is 0. The Bertz CT molecular complexity index is 372. The highest BCUT2D eigenvalue weighted by atomic mass is 19.2. The topological polar surface area (TPSA) is 46.2 Å². The molecule has 2 atom stereocenters. The molecular weight excluding hydrogens is 231 g/mol. The zero-order chi connectivity index (χ0) is 13.2. The van der Waals surface area contributed by atoms with Gasteiger partial charge in [-0.25, -0.2) is 13.2 Å². The molecule has 17 heavy (non-hydrogen) atoms. The van der Waals surface area contributed by atoms with Crippen molar-refractivity contribution in [2.45, 2.75) is 20.0 Å². The molecule has 0 spiro atoms. The van der Waals surface area contributed by atoms with Gasteiger partial charge >= 0.3 is 0 Å². The third kappa shape index (κ3) is 2.98. The summed E-state index contributed by atoms with van der Waals surface area (Å²) in [5, 5.41) is 9.95. The van der Waals surface area contributed by atoms with Crippen molar-refractivity contribution < 1.29 is 18.3 Å². The molecule has 1 aromatic carbocycles. The van der Waals surface area contributed by atoms with Crippen LogP contribution < -0.4 is 5.73 Å². The van der Waals surface area contributed by atoms with Gasteiger partial charge in [0.05, 0.1) is 6.10 Å². The lowest BCUT2D eigenvalue weighted by molar-refractivity contribution is 0.0853. The zero-order valence-electron chi connectivity index (χ0n) is 9.75. The third-order valence-corrected chi connectivity index (χ3v) is 2.88. The molecule has 1 rings (SSSR count). The minimum atomic E-state index is -1.53. The molecule has 0 saturated carbocycles. The molecule has 0 bridgehead atoms. The van der Waals surface area contributed by atoms with Crippen molar-refractivity contribution in [3.8, 4) is 0 Å². The van der Waals surface area contributed by atoms with E-state index in [1.54, 1.807) is 0 Å². The van der Waals surface area contributed by atoms with Gasteiger partial charge in [0, 0.05) is 5.92 Å². The number of aliphatic hydroxyl groups is 1. The zero-order valence-corrected chi connectivity index (χ0v) is 9.75. The first-order valence-corrected chi connectivity index (χ1v) is 5.41. The smallest absolute Gasteiger partial charge is 0.194 e. The Morgan fingerprint density at radius 3 is 2.00 bits per heavy atom. The molecule has 1 aromatic rings. The number of halogens is 3. The summed E-state index contributed by atoms with van der Waals surface area (Å²) in [5.74, 6) is -4.43. The van der Waals surface area contributed by atoms with Crippen molar-refractivity contribution in [2.24, 2.45) is 17.6 Å². The number of nitrogens with two attached hydrogens (primary N) is 1. The maximum Gasteiger partial charge on any atom is 0.194 e. The fraction of sp³-hybridized carbons (Fsp3) is 0.500. The van der Waals surface area contributed by atoms with E-state index in [-0.39, 0.29) is 23.9 Å². The average molecular weight is 247 g/mol. The van der Waals surface area contributed by atoms with Crippen LogP contribution in [0.3, 0.4) is 0 Å². The summed E-state index contributed by atoms with van der Waals surface area (Å²) in [5.41, 5.74) is 5.50. The largest absolute Gasteiger partial charge is 0.388 e. The Balaban J connectivity index is 3.07. The highest BCUT2D eigenvalue weighted by Gasteiger charge is 2.24. The van der Waals surface area contributed by atoms with E-state index in [4.69, 9.17) is 5.73 Å². The first kappa shape index (κ1) is 14.0. The van der Waals surface area contributed by atoms with Gasteiger partial charge in [-0.2, -0.15) is 0 Å². The molecule has 2 nitrogen and oxygen atoms in total. The summed E-state index contributed by atoms with van der Waals surface area (Å²) in [6, 6.07) is 1.60. The molecular formula is C12H16F3NO. The predicted molar refractivity (Wildman–Crippen MR) is 58.7 cm³/mol. The third-order valence-electron chi connectivity index (χ3n) is 2.88. The van der Waals surface area contributed by atoms with Crippen LogP contribution in [0.15, 0.2) is 12.1 Å². The lowest BCUT2D eigenvalue weighted by Crippen LogP contribution is -2.26. The van der Waals surface area contributed by atoms with Gasteiger partial charge in [-0.3, -0.25) is 0 Å². The van der Waals surface area contributed by atoms with Crippen LogP contribution in [0.25, 0.3) is 0 Å². The van der Waals surface area contributed by atoms with Crippen LogP contribution in [-0.2, 0) is 0 Å². The molecule has 0 aliphatic rings. The Labute approximate surface area is 98.3 Å². The summed E-state index contributed by atoms with van der Waals surface area (Å²) in [7, 11) is 0. The molecule has 2 unspecified atom stereocenters. The lowest BCUT2D eigenvalue weighted by Gasteiger charge is -2.25. The Morgan fingerprint density at radius 2 is 1.65 bits per heavy atom. The van der Waals surface area contributed by atoms with Crippen LogP contribution in [0.5, 0.6) is 0 Å². The minimum Gasteiger partial charge on any atom is -0.388 e. The predicted octanol–water partition coefficient (Wildman–Crippen LogP) is 2.37. The van der Waals surface area contributed by atoms with Gasteiger partial charge in [0.1, 0.15) is 0 Å². The first-order valence-electron chi connectivity index (χ1n) is 5.41. The molecule has 96 valence electrons. The van der Waals surface area contributed by atoms with Crippen LogP contribution in [0, 0.1) is 29.3 Å². The van der Waals surface area contributed by atoms with Gasteiger partial charge in [0.2, 0.25) is 0 Å². The van der Waals surface area contributed by atoms with E-state index in [1.807, 2.05) is 13.8 Å². The maximum atomic E-state index is 13.0. The second kappa shape index (κ2) is 5.51. The van der Waals surface area contributed by atoms with Gasteiger partial charge < -0.3 is 10.8 Å². The molecule has 0 radical (unpaired) electrons. The second-order valence-electron chi connectivity index (χ2n) is 4.39. The summed E-state index contributed by atoms with van der Waals surface area (Å²) in [6.07, 6.45) is -1.11. The van der Waals surface area contributed by atoms with E-state index >= 15 is 0 Å². The van der Waals surface area contributed by atoms with Crippen molar-refractivity contribution in [3.05, 3.63) is 35.1 Å². The van der Waals surface area contributed by atoms with Crippen molar-refractivity contribution in [1.82, 2.24) is 0 Å². The van der Waals surface area contributed by atoms with Crippen LogP contribution >= 0.6 is 0 Å². The SMILES string of the molecule is CC(C)C(CN)C(O)c1cc(F)c(F)c(F)c1. The quantitative estimate of drug-likeness (QED) is 0.802. The Kier molecular flexibility index (Phi) is 4.54. The standard InChI is InChI=1S/C12H16F3NO/c1-6(2)8(5-16)12(17)7-3-9(13)11(15)10(14)4-7/h3-4,6,8,12,17H,5,16H2,1-2H3. The normalized spacial score (nSPS) is 15.1. The number of hydrogen-bond donors (Lipinski definition) is 2. The molecule has 0 aliphatic carbocycles. The van der Waals surface area contributed by atoms with E-state index in [2.05, 4.69) is 0 Å². The van der Waals surface area contributed by atoms with Crippen LogP contribution in [0.2, 0.25) is 0 Å². The van der Waals surface area contributed by atoms with Gasteiger partial charge in [-0.15, -0.1) is 0 Å². The van der Waals surface area contributed by atoms with Crippen molar-refractivity contribution in [1.29, 1.82) is 0 Å². The van der Waals surface area contributed by atoms with E-state index < -0.39 is 23.6 Å². The molecule has 3 N–H and O–H groups in total. The minimum absolute atomic E-state index is 0.00514. The van der Waals surface area contributed by atoms with Crippen LogP contribution in [0.4, 0.5) is 13.2 Å². The molecule has 0 aliphatic heterocycles. The highest BCUT2D eigenvalue weighted by Crippen LogP contribution is 2.29. The fourth-order valence-electron chi connectivity index (χ4n) is 1.76. The van der Waals surface area contributed by atoms with E-state index in [0.29, 0.717) is 0 Å². The molecule has 0 amide bonds. The fourth-order valence-corrected chi connectivity index (χ4v) is 1.76. The van der Waals surface area contributed by atoms with E-state index in [0.717, 1.165) is 12.1 Å². The second-order valence-corrected chi connectivity index (χ2v) is 4.39. The maximum absolute atomic E-state index is 13.0. The number of hydrogen-bond acceptors (Lipinski definition) is 2. The van der Waals surface area contributed by atoms with Crippen LogP contribution in [0.1, 0.15) is 25.5 Å². The Morgan fingerprint density at radius 1 is 1.18 bits per heavy atom. The van der Waals surface area contributed by atoms with Gasteiger partial charge in [0.15, 0.2) is 17.5 Å².